The maximum Gasteiger partial charge on any atom is 0.264 e. The van der Waals surface area contributed by atoms with Gasteiger partial charge in [-0.3, -0.25) is 4.31 Å². The molecule has 0 fully saturated rings. The zero-order valence-corrected chi connectivity index (χ0v) is 14.4. The van der Waals surface area contributed by atoms with Crippen molar-refractivity contribution in [2.75, 3.05) is 11.4 Å². The SMILES string of the molecule is CCCCc1ccc(S(=O)(=O)N(C)c2cccc(Cl)c2)cc1. The first-order valence-electron chi connectivity index (χ1n) is 7.28. The summed E-state index contributed by atoms with van der Waals surface area (Å²) in [5, 5.41) is 0.509. The van der Waals surface area contributed by atoms with E-state index in [1.54, 1.807) is 36.4 Å². The van der Waals surface area contributed by atoms with E-state index < -0.39 is 10.0 Å². The Morgan fingerprint density at radius 1 is 1.09 bits per heavy atom. The lowest BCUT2D eigenvalue weighted by Gasteiger charge is -2.19. The molecule has 0 saturated carbocycles. The van der Waals surface area contributed by atoms with Gasteiger partial charge in [-0.1, -0.05) is 43.1 Å². The summed E-state index contributed by atoms with van der Waals surface area (Å²) < 4.78 is 26.6. The van der Waals surface area contributed by atoms with Crippen LogP contribution >= 0.6 is 11.6 Å². The van der Waals surface area contributed by atoms with E-state index in [4.69, 9.17) is 11.6 Å². The Labute approximate surface area is 137 Å². The molecule has 0 aliphatic rings. The Kier molecular flexibility index (Phi) is 5.48. The average molecular weight is 338 g/mol. The number of hydrogen-bond donors (Lipinski definition) is 0. The fourth-order valence-electron chi connectivity index (χ4n) is 2.18. The van der Waals surface area contributed by atoms with Crippen LogP contribution in [0, 0.1) is 0 Å². The monoisotopic (exact) mass is 337 g/mol. The third kappa shape index (κ3) is 3.81. The third-order valence-electron chi connectivity index (χ3n) is 3.57. The van der Waals surface area contributed by atoms with Gasteiger partial charge in [-0.15, -0.1) is 0 Å². The summed E-state index contributed by atoms with van der Waals surface area (Å²) in [5.41, 5.74) is 1.70. The van der Waals surface area contributed by atoms with E-state index in [1.807, 2.05) is 12.1 Å². The quantitative estimate of drug-likeness (QED) is 0.777. The number of aryl methyl sites for hydroxylation is 1. The van der Waals surface area contributed by atoms with E-state index in [0.29, 0.717) is 10.7 Å². The van der Waals surface area contributed by atoms with Crippen LogP contribution in [0.15, 0.2) is 53.4 Å². The molecule has 0 spiro atoms. The highest BCUT2D eigenvalue weighted by atomic mass is 35.5. The molecule has 0 aromatic heterocycles. The summed E-state index contributed by atoms with van der Waals surface area (Å²) in [7, 11) is -2.04. The van der Waals surface area contributed by atoms with Gasteiger partial charge in [0.1, 0.15) is 0 Å². The fourth-order valence-corrected chi connectivity index (χ4v) is 3.55. The summed E-state index contributed by atoms with van der Waals surface area (Å²) in [6.45, 7) is 2.14. The van der Waals surface area contributed by atoms with Crippen molar-refractivity contribution in [3.8, 4) is 0 Å². The third-order valence-corrected chi connectivity index (χ3v) is 5.61. The lowest BCUT2D eigenvalue weighted by molar-refractivity contribution is 0.594. The first-order valence-corrected chi connectivity index (χ1v) is 9.10. The number of unbranched alkanes of at least 4 members (excludes halogenated alkanes) is 1. The molecule has 0 radical (unpaired) electrons. The second-order valence-corrected chi connectivity index (χ2v) is 7.61. The highest BCUT2D eigenvalue weighted by molar-refractivity contribution is 7.92. The van der Waals surface area contributed by atoms with Crippen molar-refractivity contribution in [2.24, 2.45) is 0 Å². The van der Waals surface area contributed by atoms with E-state index >= 15 is 0 Å². The van der Waals surface area contributed by atoms with Crippen molar-refractivity contribution in [3.63, 3.8) is 0 Å². The zero-order valence-electron chi connectivity index (χ0n) is 12.8. The second kappa shape index (κ2) is 7.16. The van der Waals surface area contributed by atoms with Crippen LogP contribution in [0.1, 0.15) is 25.3 Å². The van der Waals surface area contributed by atoms with Crippen LogP contribution in [0.4, 0.5) is 5.69 Å². The van der Waals surface area contributed by atoms with Crippen LogP contribution < -0.4 is 4.31 Å². The molecule has 0 bridgehead atoms. The molecular weight excluding hydrogens is 318 g/mol. The van der Waals surface area contributed by atoms with Crippen LogP contribution in [0.2, 0.25) is 5.02 Å². The number of rotatable bonds is 6. The maximum absolute atomic E-state index is 12.7. The highest BCUT2D eigenvalue weighted by Crippen LogP contribution is 2.24. The Hall–Kier alpha value is -1.52. The summed E-state index contributed by atoms with van der Waals surface area (Å²) in [6, 6.07) is 13.9. The van der Waals surface area contributed by atoms with Gasteiger partial charge in [0, 0.05) is 12.1 Å². The first kappa shape index (κ1) is 16.8. The molecule has 22 heavy (non-hydrogen) atoms. The van der Waals surface area contributed by atoms with E-state index in [2.05, 4.69) is 6.92 Å². The lowest BCUT2D eigenvalue weighted by atomic mass is 10.1. The molecule has 2 aromatic rings. The number of benzene rings is 2. The topological polar surface area (TPSA) is 37.4 Å². The number of halogens is 1. The molecule has 0 saturated heterocycles. The van der Waals surface area contributed by atoms with Gasteiger partial charge in [-0.05, 0) is 48.7 Å². The van der Waals surface area contributed by atoms with E-state index in [0.717, 1.165) is 24.8 Å². The molecule has 5 heteroatoms. The average Bonchev–Trinajstić information content (AvgIpc) is 2.52. The van der Waals surface area contributed by atoms with Gasteiger partial charge in [0.25, 0.3) is 10.0 Å². The van der Waals surface area contributed by atoms with Gasteiger partial charge in [0.15, 0.2) is 0 Å². The molecule has 2 rings (SSSR count). The smallest absolute Gasteiger partial charge is 0.264 e. The van der Waals surface area contributed by atoms with Crippen molar-refractivity contribution in [1.82, 2.24) is 0 Å². The predicted molar refractivity (Wildman–Crippen MR) is 92.1 cm³/mol. The predicted octanol–water partition coefficient (Wildman–Crippen LogP) is 4.51. The number of hydrogen-bond acceptors (Lipinski definition) is 2. The standard InChI is InChI=1S/C17H20ClNO2S/c1-3-4-6-14-9-11-17(12-10-14)22(20,21)19(2)16-8-5-7-15(18)13-16/h5,7-13H,3-4,6H2,1-2H3. The normalized spacial score (nSPS) is 11.4. The summed E-state index contributed by atoms with van der Waals surface area (Å²) in [4.78, 5) is 0.287. The van der Waals surface area contributed by atoms with Crippen LogP contribution in [0.5, 0.6) is 0 Å². The van der Waals surface area contributed by atoms with Gasteiger partial charge in [0.2, 0.25) is 0 Å². The first-order chi connectivity index (χ1) is 10.4. The van der Waals surface area contributed by atoms with Gasteiger partial charge < -0.3 is 0 Å². The minimum absolute atomic E-state index is 0.287. The van der Waals surface area contributed by atoms with Crippen LogP contribution in [-0.4, -0.2) is 15.5 Å². The Balaban J connectivity index is 2.26. The van der Waals surface area contributed by atoms with Crippen LogP contribution in [-0.2, 0) is 16.4 Å². The molecule has 0 heterocycles. The number of nitrogens with zero attached hydrogens (tertiary/aromatic N) is 1. The van der Waals surface area contributed by atoms with E-state index in [9.17, 15) is 8.42 Å². The van der Waals surface area contributed by atoms with Crippen LogP contribution in [0.3, 0.4) is 0 Å². The van der Waals surface area contributed by atoms with E-state index in [-0.39, 0.29) is 4.90 Å². The molecule has 3 nitrogen and oxygen atoms in total. The van der Waals surface area contributed by atoms with E-state index in [1.165, 1.54) is 11.4 Å². The molecule has 0 unspecified atom stereocenters. The second-order valence-electron chi connectivity index (χ2n) is 5.20. The Morgan fingerprint density at radius 3 is 2.36 bits per heavy atom. The van der Waals surface area contributed by atoms with Crippen molar-refractivity contribution < 1.29 is 8.42 Å². The summed E-state index contributed by atoms with van der Waals surface area (Å²) in [6.07, 6.45) is 3.20. The van der Waals surface area contributed by atoms with Crippen molar-refractivity contribution >= 4 is 27.3 Å². The Bertz CT molecular complexity index is 727. The zero-order chi connectivity index (χ0) is 16.2. The fraction of sp³-hybridized carbons (Fsp3) is 0.294. The Morgan fingerprint density at radius 2 is 1.77 bits per heavy atom. The van der Waals surface area contributed by atoms with Crippen molar-refractivity contribution in [2.45, 2.75) is 31.1 Å². The minimum Gasteiger partial charge on any atom is -0.269 e. The maximum atomic E-state index is 12.7. The van der Waals surface area contributed by atoms with Crippen LogP contribution in [0.25, 0.3) is 0 Å². The minimum atomic E-state index is -3.57. The van der Waals surface area contributed by atoms with Crippen molar-refractivity contribution in [1.29, 1.82) is 0 Å². The molecular formula is C17H20ClNO2S. The number of sulfonamides is 1. The van der Waals surface area contributed by atoms with Gasteiger partial charge in [-0.25, -0.2) is 8.42 Å². The molecule has 0 atom stereocenters. The molecule has 2 aromatic carbocycles. The molecule has 0 aliphatic carbocycles. The largest absolute Gasteiger partial charge is 0.269 e. The van der Waals surface area contributed by atoms with Gasteiger partial charge in [0.05, 0.1) is 10.6 Å². The lowest BCUT2D eigenvalue weighted by Crippen LogP contribution is -2.26. The number of anilines is 1. The molecule has 118 valence electrons. The molecule has 0 aliphatic heterocycles. The highest BCUT2D eigenvalue weighted by Gasteiger charge is 2.21. The molecule has 0 N–H and O–H groups in total. The van der Waals surface area contributed by atoms with Gasteiger partial charge in [-0.2, -0.15) is 0 Å². The molecule has 0 amide bonds. The summed E-state index contributed by atoms with van der Waals surface area (Å²) >= 11 is 5.93. The van der Waals surface area contributed by atoms with Crippen molar-refractivity contribution in [3.05, 3.63) is 59.1 Å². The van der Waals surface area contributed by atoms with Gasteiger partial charge >= 0.3 is 0 Å². The summed E-state index contributed by atoms with van der Waals surface area (Å²) in [5.74, 6) is 0.